The van der Waals surface area contributed by atoms with Crippen LogP contribution in [-0.4, -0.2) is 67.1 Å². The Morgan fingerprint density at radius 3 is 2.33 bits per heavy atom. The molecule has 2 amide bonds. The van der Waals surface area contributed by atoms with Gasteiger partial charge in [0.25, 0.3) is 5.91 Å². The molecule has 40 heavy (non-hydrogen) atoms. The van der Waals surface area contributed by atoms with Crippen LogP contribution in [0.25, 0.3) is 10.9 Å². The van der Waals surface area contributed by atoms with Crippen molar-refractivity contribution < 1.29 is 23.8 Å². The van der Waals surface area contributed by atoms with Crippen LogP contribution in [0.1, 0.15) is 34.3 Å². The van der Waals surface area contributed by atoms with E-state index in [-0.39, 0.29) is 24.4 Å². The second kappa shape index (κ2) is 12.2. The van der Waals surface area contributed by atoms with E-state index >= 15 is 0 Å². The number of aromatic nitrogens is 1. The first-order chi connectivity index (χ1) is 19.5. The summed E-state index contributed by atoms with van der Waals surface area (Å²) >= 11 is 0. The Kier molecular flexibility index (Phi) is 8.24. The normalized spacial score (nSPS) is 12.7. The average molecular weight is 542 g/mol. The molecule has 208 valence electrons. The molecule has 3 aromatic carbocycles. The largest absolute Gasteiger partial charge is 0.497 e. The lowest BCUT2D eigenvalue weighted by Crippen LogP contribution is -2.44. The predicted molar refractivity (Wildman–Crippen MR) is 154 cm³/mol. The van der Waals surface area contributed by atoms with Crippen LogP contribution < -0.4 is 14.2 Å². The van der Waals surface area contributed by atoms with Crippen LogP contribution in [0, 0.1) is 0 Å². The molecular formula is C32H35N3O5. The van der Waals surface area contributed by atoms with Crippen molar-refractivity contribution >= 4 is 22.7 Å². The number of aromatic amines is 1. The molecule has 0 bridgehead atoms. The number of carbonyl (C=O) groups excluding carboxylic acids is 2. The quantitative estimate of drug-likeness (QED) is 0.271. The fourth-order valence-electron chi connectivity index (χ4n) is 4.97. The molecule has 1 saturated carbocycles. The number of hydrogen-bond acceptors (Lipinski definition) is 5. The summed E-state index contributed by atoms with van der Waals surface area (Å²) in [5.41, 5.74) is 3.64. The van der Waals surface area contributed by atoms with Gasteiger partial charge < -0.3 is 29.0 Å². The summed E-state index contributed by atoms with van der Waals surface area (Å²) < 4.78 is 16.1. The van der Waals surface area contributed by atoms with Crippen LogP contribution in [0.2, 0.25) is 0 Å². The molecule has 0 saturated heterocycles. The lowest BCUT2D eigenvalue weighted by Gasteiger charge is -2.28. The number of ether oxygens (including phenoxy) is 3. The van der Waals surface area contributed by atoms with Crippen molar-refractivity contribution in [1.82, 2.24) is 14.8 Å². The molecule has 0 atom stereocenters. The van der Waals surface area contributed by atoms with E-state index in [1.165, 1.54) is 7.11 Å². The fraction of sp³-hybridized carbons (Fsp3) is 0.312. The van der Waals surface area contributed by atoms with E-state index in [4.69, 9.17) is 14.2 Å². The molecule has 4 aromatic rings. The third kappa shape index (κ3) is 6.06. The lowest BCUT2D eigenvalue weighted by atomic mass is 10.1. The van der Waals surface area contributed by atoms with Gasteiger partial charge in [-0.2, -0.15) is 0 Å². The Morgan fingerprint density at radius 2 is 1.62 bits per heavy atom. The van der Waals surface area contributed by atoms with E-state index in [2.05, 4.69) is 11.1 Å². The van der Waals surface area contributed by atoms with Gasteiger partial charge in [0.2, 0.25) is 5.91 Å². The van der Waals surface area contributed by atoms with Crippen molar-refractivity contribution in [2.45, 2.75) is 31.8 Å². The molecule has 8 heteroatoms. The molecule has 1 aromatic heterocycles. The first kappa shape index (κ1) is 27.1. The smallest absolute Gasteiger partial charge is 0.258 e. The van der Waals surface area contributed by atoms with Crippen LogP contribution in [0.15, 0.2) is 72.9 Å². The summed E-state index contributed by atoms with van der Waals surface area (Å²) in [6.45, 7) is 0.956. The van der Waals surface area contributed by atoms with Gasteiger partial charge in [-0.25, -0.2) is 0 Å². The second-order valence-electron chi connectivity index (χ2n) is 10.0. The van der Waals surface area contributed by atoms with Crippen molar-refractivity contribution in [3.8, 4) is 17.2 Å². The van der Waals surface area contributed by atoms with Crippen LogP contribution >= 0.6 is 0 Å². The van der Waals surface area contributed by atoms with Gasteiger partial charge in [0, 0.05) is 42.3 Å². The molecule has 1 N–H and O–H groups in total. The standard InChI is InChI=1S/C32H35N3O5/c1-38-25-12-8-22(9-13-25)20-34(17-16-23-19-33-29-7-5-4-6-27(23)29)31(36)21-35(24-10-11-24)32(37)28-15-14-26(39-2)18-30(28)40-3/h4-9,12-15,18-19,24,33H,10-11,16-17,20-21H2,1-3H3. The Balaban J connectivity index is 1.37. The van der Waals surface area contributed by atoms with Gasteiger partial charge >= 0.3 is 0 Å². The summed E-state index contributed by atoms with van der Waals surface area (Å²) in [6.07, 6.45) is 4.46. The first-order valence-corrected chi connectivity index (χ1v) is 13.5. The summed E-state index contributed by atoms with van der Waals surface area (Å²) in [6, 6.07) is 21.1. The van der Waals surface area contributed by atoms with E-state index in [9.17, 15) is 9.59 Å². The zero-order valence-corrected chi connectivity index (χ0v) is 23.2. The van der Waals surface area contributed by atoms with Gasteiger partial charge in [-0.1, -0.05) is 30.3 Å². The van der Waals surface area contributed by atoms with E-state index in [0.717, 1.165) is 40.6 Å². The highest BCUT2D eigenvalue weighted by Gasteiger charge is 2.36. The monoisotopic (exact) mass is 541 g/mol. The number of hydrogen-bond donors (Lipinski definition) is 1. The molecule has 1 heterocycles. The van der Waals surface area contributed by atoms with Crippen LogP contribution in [0.3, 0.4) is 0 Å². The maximum atomic E-state index is 13.9. The Morgan fingerprint density at radius 1 is 0.900 bits per heavy atom. The Labute approximate surface area is 234 Å². The Bertz CT molecular complexity index is 1480. The highest BCUT2D eigenvalue weighted by molar-refractivity contribution is 5.99. The fourth-order valence-corrected chi connectivity index (χ4v) is 4.97. The van der Waals surface area contributed by atoms with Gasteiger partial charge in [-0.05, 0) is 60.7 Å². The minimum absolute atomic E-state index is 0.00270. The minimum atomic E-state index is -0.212. The van der Waals surface area contributed by atoms with Gasteiger partial charge in [-0.3, -0.25) is 9.59 Å². The SMILES string of the molecule is COc1ccc(CN(CCc2c[nH]c3ccccc23)C(=O)CN(C(=O)c2ccc(OC)cc2OC)C2CC2)cc1. The van der Waals surface area contributed by atoms with Crippen molar-refractivity contribution in [1.29, 1.82) is 0 Å². The number of methoxy groups -OCH3 is 3. The second-order valence-corrected chi connectivity index (χ2v) is 10.0. The summed E-state index contributed by atoms with van der Waals surface area (Å²) in [5, 5.41) is 1.15. The number of nitrogens with one attached hydrogen (secondary N) is 1. The van der Waals surface area contributed by atoms with E-state index < -0.39 is 0 Å². The maximum absolute atomic E-state index is 13.9. The summed E-state index contributed by atoms with van der Waals surface area (Å²) in [4.78, 5) is 34.4. The minimum Gasteiger partial charge on any atom is -0.497 e. The van der Waals surface area contributed by atoms with Crippen LogP contribution in [0.5, 0.6) is 17.2 Å². The lowest BCUT2D eigenvalue weighted by molar-refractivity contribution is -0.132. The molecule has 1 aliphatic carbocycles. The zero-order chi connectivity index (χ0) is 28.1. The van der Waals surface area contributed by atoms with Crippen LogP contribution in [0.4, 0.5) is 0 Å². The van der Waals surface area contributed by atoms with Crippen molar-refractivity contribution in [3.05, 3.63) is 89.6 Å². The van der Waals surface area contributed by atoms with Gasteiger partial charge in [0.05, 0.1) is 26.9 Å². The molecule has 1 aliphatic rings. The third-order valence-corrected chi connectivity index (χ3v) is 7.40. The molecule has 8 nitrogen and oxygen atoms in total. The van der Waals surface area contributed by atoms with Crippen molar-refractivity contribution in [2.24, 2.45) is 0 Å². The molecule has 0 unspecified atom stereocenters. The molecular weight excluding hydrogens is 506 g/mol. The number of amides is 2. The summed E-state index contributed by atoms with van der Waals surface area (Å²) in [7, 11) is 4.73. The average Bonchev–Trinajstić information content (AvgIpc) is 3.76. The van der Waals surface area contributed by atoms with Gasteiger partial charge in [0.1, 0.15) is 23.8 Å². The number of carbonyl (C=O) groups is 2. The van der Waals surface area contributed by atoms with E-state index in [0.29, 0.717) is 36.6 Å². The number of benzene rings is 3. The maximum Gasteiger partial charge on any atom is 0.258 e. The topological polar surface area (TPSA) is 84.1 Å². The predicted octanol–water partition coefficient (Wildman–Crippen LogP) is 5.07. The highest BCUT2D eigenvalue weighted by atomic mass is 16.5. The van der Waals surface area contributed by atoms with Crippen LogP contribution in [-0.2, 0) is 17.8 Å². The first-order valence-electron chi connectivity index (χ1n) is 13.5. The highest BCUT2D eigenvalue weighted by Crippen LogP contribution is 2.32. The zero-order valence-electron chi connectivity index (χ0n) is 23.2. The third-order valence-electron chi connectivity index (χ3n) is 7.40. The molecule has 1 fully saturated rings. The number of rotatable bonds is 12. The number of fused-ring (bicyclic) bond motifs is 1. The van der Waals surface area contributed by atoms with E-state index in [1.54, 1.807) is 37.3 Å². The van der Waals surface area contributed by atoms with E-state index in [1.807, 2.05) is 53.6 Å². The number of para-hydroxylation sites is 1. The van der Waals surface area contributed by atoms with Gasteiger partial charge in [0.15, 0.2) is 0 Å². The molecule has 0 spiro atoms. The van der Waals surface area contributed by atoms with Crippen molar-refractivity contribution in [3.63, 3.8) is 0 Å². The number of nitrogens with zero attached hydrogens (tertiary/aromatic N) is 2. The molecule has 5 rings (SSSR count). The number of H-pyrrole nitrogens is 1. The molecule has 0 aliphatic heterocycles. The summed E-state index contributed by atoms with van der Waals surface area (Å²) in [5.74, 6) is 1.49. The van der Waals surface area contributed by atoms with Gasteiger partial charge in [-0.15, -0.1) is 0 Å². The molecule has 0 radical (unpaired) electrons. The Hall–Kier alpha value is -4.46. The van der Waals surface area contributed by atoms with Crippen molar-refractivity contribution in [2.75, 3.05) is 34.4 Å².